The van der Waals surface area contributed by atoms with E-state index in [0.717, 1.165) is 5.69 Å². The Balaban J connectivity index is 1.57. The van der Waals surface area contributed by atoms with Crippen LogP contribution < -0.4 is 5.32 Å². The minimum atomic E-state index is -0.224. The number of carbonyl (C=O) groups is 1. The van der Waals surface area contributed by atoms with Crippen LogP contribution in [0.4, 0.5) is 0 Å². The van der Waals surface area contributed by atoms with Gasteiger partial charge >= 0.3 is 0 Å². The summed E-state index contributed by atoms with van der Waals surface area (Å²) in [7, 11) is 0. The SMILES string of the molecule is O=C(NCCc1cnc[nH]1)c1cc(-c2ccco2)[nH]n1. The lowest BCUT2D eigenvalue weighted by Crippen LogP contribution is -2.26. The van der Waals surface area contributed by atoms with Gasteiger partial charge in [0.25, 0.3) is 5.91 Å². The van der Waals surface area contributed by atoms with E-state index in [0.29, 0.717) is 30.1 Å². The highest BCUT2D eigenvalue weighted by Crippen LogP contribution is 2.17. The molecule has 0 saturated heterocycles. The van der Waals surface area contributed by atoms with Gasteiger partial charge in [-0.25, -0.2) is 4.98 Å². The Morgan fingerprint density at radius 2 is 2.40 bits per heavy atom. The molecule has 0 aliphatic carbocycles. The number of aromatic amines is 2. The maximum absolute atomic E-state index is 11.9. The van der Waals surface area contributed by atoms with Gasteiger partial charge in [0.05, 0.1) is 12.6 Å². The van der Waals surface area contributed by atoms with Crippen LogP contribution in [0.15, 0.2) is 41.4 Å². The Bertz CT molecular complexity index is 670. The second-order valence-electron chi connectivity index (χ2n) is 4.23. The zero-order valence-corrected chi connectivity index (χ0v) is 10.6. The summed E-state index contributed by atoms with van der Waals surface area (Å²) >= 11 is 0. The molecular weight excluding hydrogens is 258 g/mol. The van der Waals surface area contributed by atoms with Crippen LogP contribution in [0.1, 0.15) is 16.2 Å². The molecule has 102 valence electrons. The van der Waals surface area contributed by atoms with Gasteiger partial charge in [0, 0.05) is 30.9 Å². The maximum Gasteiger partial charge on any atom is 0.271 e. The van der Waals surface area contributed by atoms with Gasteiger partial charge in [0.2, 0.25) is 0 Å². The highest BCUT2D eigenvalue weighted by molar-refractivity contribution is 5.93. The third kappa shape index (κ3) is 2.61. The van der Waals surface area contributed by atoms with Gasteiger partial charge in [-0.2, -0.15) is 5.10 Å². The number of H-pyrrole nitrogens is 2. The predicted octanol–water partition coefficient (Wildman–Crippen LogP) is 1.37. The standard InChI is InChI=1S/C13H13N5O2/c19-13(15-4-3-9-7-14-8-16-9)11-6-10(17-18-11)12-2-1-5-20-12/h1-2,5-8H,3-4H2,(H,14,16)(H,15,19)(H,17,18). The number of imidazole rings is 1. The molecule has 3 aromatic heterocycles. The largest absolute Gasteiger partial charge is 0.463 e. The van der Waals surface area contributed by atoms with E-state index < -0.39 is 0 Å². The molecular formula is C13H13N5O2. The first-order valence-corrected chi connectivity index (χ1v) is 6.17. The highest BCUT2D eigenvalue weighted by atomic mass is 16.3. The normalized spacial score (nSPS) is 10.6. The third-order valence-corrected chi connectivity index (χ3v) is 2.83. The van der Waals surface area contributed by atoms with Crippen LogP contribution in [0.25, 0.3) is 11.5 Å². The van der Waals surface area contributed by atoms with E-state index in [1.807, 2.05) is 0 Å². The number of rotatable bonds is 5. The highest BCUT2D eigenvalue weighted by Gasteiger charge is 2.12. The summed E-state index contributed by atoms with van der Waals surface area (Å²) in [6.07, 6.45) is 5.61. The second kappa shape index (κ2) is 5.43. The van der Waals surface area contributed by atoms with Crippen LogP contribution in [-0.2, 0) is 6.42 Å². The number of hydrogen-bond acceptors (Lipinski definition) is 4. The first-order chi connectivity index (χ1) is 9.83. The minimum absolute atomic E-state index is 0.224. The molecule has 0 atom stereocenters. The molecule has 0 aromatic carbocycles. The number of nitrogens with zero attached hydrogens (tertiary/aromatic N) is 2. The number of furan rings is 1. The van der Waals surface area contributed by atoms with Crippen molar-refractivity contribution in [3.63, 3.8) is 0 Å². The zero-order chi connectivity index (χ0) is 13.8. The quantitative estimate of drug-likeness (QED) is 0.652. The van der Waals surface area contributed by atoms with Gasteiger partial charge in [-0.3, -0.25) is 9.89 Å². The Hall–Kier alpha value is -2.83. The number of nitrogens with one attached hydrogen (secondary N) is 3. The topological polar surface area (TPSA) is 99.6 Å². The van der Waals surface area contributed by atoms with Crippen molar-refractivity contribution in [2.45, 2.75) is 6.42 Å². The van der Waals surface area contributed by atoms with Crippen LogP contribution in [0.2, 0.25) is 0 Å². The van der Waals surface area contributed by atoms with E-state index in [4.69, 9.17) is 4.42 Å². The van der Waals surface area contributed by atoms with Crippen molar-refractivity contribution in [3.05, 3.63) is 48.4 Å². The van der Waals surface area contributed by atoms with Gasteiger partial charge in [-0.15, -0.1) is 0 Å². The van der Waals surface area contributed by atoms with Crippen molar-refractivity contribution >= 4 is 5.91 Å². The minimum Gasteiger partial charge on any atom is -0.463 e. The van der Waals surface area contributed by atoms with Crippen molar-refractivity contribution < 1.29 is 9.21 Å². The molecule has 0 saturated carbocycles. The van der Waals surface area contributed by atoms with Gasteiger partial charge in [-0.1, -0.05) is 0 Å². The van der Waals surface area contributed by atoms with E-state index in [1.165, 1.54) is 0 Å². The summed E-state index contributed by atoms with van der Waals surface area (Å²) in [5.74, 6) is 0.424. The molecule has 0 aliphatic rings. The lowest BCUT2D eigenvalue weighted by molar-refractivity contribution is 0.0949. The van der Waals surface area contributed by atoms with Crippen molar-refractivity contribution in [2.24, 2.45) is 0 Å². The molecule has 0 aliphatic heterocycles. The molecule has 0 fully saturated rings. The summed E-state index contributed by atoms with van der Waals surface area (Å²) in [6.45, 7) is 0.518. The van der Waals surface area contributed by atoms with Crippen LogP contribution in [0.5, 0.6) is 0 Å². The molecule has 1 amide bonds. The summed E-state index contributed by atoms with van der Waals surface area (Å²) < 4.78 is 5.23. The Labute approximate surface area is 114 Å². The molecule has 7 heteroatoms. The van der Waals surface area contributed by atoms with Crippen LogP contribution in [0, 0.1) is 0 Å². The van der Waals surface area contributed by atoms with E-state index >= 15 is 0 Å². The molecule has 3 rings (SSSR count). The summed E-state index contributed by atoms with van der Waals surface area (Å²) in [4.78, 5) is 18.8. The van der Waals surface area contributed by atoms with Crippen molar-refractivity contribution in [1.82, 2.24) is 25.5 Å². The summed E-state index contributed by atoms with van der Waals surface area (Å²) in [6, 6.07) is 5.23. The summed E-state index contributed by atoms with van der Waals surface area (Å²) in [5.41, 5.74) is 1.98. The number of carbonyl (C=O) groups excluding carboxylic acids is 1. The Morgan fingerprint density at radius 1 is 1.45 bits per heavy atom. The first-order valence-electron chi connectivity index (χ1n) is 6.17. The lowest BCUT2D eigenvalue weighted by Gasteiger charge is -2.00. The fraction of sp³-hybridized carbons (Fsp3) is 0.154. The maximum atomic E-state index is 11.9. The number of hydrogen-bond donors (Lipinski definition) is 3. The van der Waals surface area contributed by atoms with Crippen LogP contribution in [0.3, 0.4) is 0 Å². The zero-order valence-electron chi connectivity index (χ0n) is 10.6. The summed E-state index contributed by atoms with van der Waals surface area (Å²) in [5, 5.41) is 9.54. The molecule has 3 N–H and O–H groups in total. The average Bonchev–Trinajstić information content (AvgIpc) is 3.20. The second-order valence-corrected chi connectivity index (χ2v) is 4.23. The van der Waals surface area contributed by atoms with E-state index in [2.05, 4.69) is 25.5 Å². The molecule has 7 nitrogen and oxygen atoms in total. The van der Waals surface area contributed by atoms with E-state index in [-0.39, 0.29) is 5.91 Å². The first kappa shape index (κ1) is 12.2. The predicted molar refractivity (Wildman–Crippen MR) is 70.9 cm³/mol. The van der Waals surface area contributed by atoms with Gasteiger partial charge in [0.15, 0.2) is 11.5 Å². The van der Waals surface area contributed by atoms with Crippen molar-refractivity contribution in [3.8, 4) is 11.5 Å². The van der Waals surface area contributed by atoms with Crippen LogP contribution >= 0.6 is 0 Å². The molecule has 0 spiro atoms. The Morgan fingerprint density at radius 3 is 3.15 bits per heavy atom. The lowest BCUT2D eigenvalue weighted by atomic mass is 10.3. The number of aromatic nitrogens is 4. The van der Waals surface area contributed by atoms with Crippen molar-refractivity contribution in [1.29, 1.82) is 0 Å². The molecule has 20 heavy (non-hydrogen) atoms. The fourth-order valence-corrected chi connectivity index (χ4v) is 1.82. The van der Waals surface area contributed by atoms with Gasteiger partial charge < -0.3 is 14.7 Å². The third-order valence-electron chi connectivity index (χ3n) is 2.83. The van der Waals surface area contributed by atoms with Gasteiger partial charge in [0.1, 0.15) is 5.69 Å². The van der Waals surface area contributed by atoms with Gasteiger partial charge in [-0.05, 0) is 12.1 Å². The van der Waals surface area contributed by atoms with Crippen LogP contribution in [-0.4, -0.2) is 32.6 Å². The van der Waals surface area contributed by atoms with Crippen molar-refractivity contribution in [2.75, 3.05) is 6.54 Å². The molecule has 0 bridgehead atoms. The number of amides is 1. The van der Waals surface area contributed by atoms with E-state index in [9.17, 15) is 4.79 Å². The smallest absolute Gasteiger partial charge is 0.271 e. The molecule has 3 aromatic rings. The average molecular weight is 271 g/mol. The Kier molecular flexibility index (Phi) is 3.32. The fourth-order valence-electron chi connectivity index (χ4n) is 1.82. The van der Waals surface area contributed by atoms with E-state index in [1.54, 1.807) is 37.0 Å². The molecule has 0 radical (unpaired) electrons. The monoisotopic (exact) mass is 271 g/mol. The molecule has 3 heterocycles. The molecule has 0 unspecified atom stereocenters.